The van der Waals surface area contributed by atoms with Crippen molar-refractivity contribution in [1.82, 2.24) is 9.55 Å². The van der Waals surface area contributed by atoms with Crippen molar-refractivity contribution < 1.29 is 0 Å². The molecule has 3 heteroatoms. The molecule has 1 aromatic rings. The fourth-order valence-electron chi connectivity index (χ4n) is 1.80. The first-order chi connectivity index (χ1) is 5.79. The zero-order chi connectivity index (χ0) is 8.55. The van der Waals surface area contributed by atoms with Gasteiger partial charge in [0.05, 0.1) is 0 Å². The monoisotopic (exact) mass is 164 g/mol. The molecule has 0 saturated carbocycles. The SMILES string of the molecule is CC1CCCc2nccc(=O)n21. The van der Waals surface area contributed by atoms with E-state index in [1.165, 1.54) is 6.07 Å². The third kappa shape index (κ3) is 1.05. The Morgan fingerprint density at radius 1 is 1.67 bits per heavy atom. The molecule has 1 aromatic heterocycles. The molecule has 0 N–H and O–H groups in total. The Morgan fingerprint density at radius 3 is 3.25 bits per heavy atom. The summed E-state index contributed by atoms with van der Waals surface area (Å²) in [5.74, 6) is 0.946. The summed E-state index contributed by atoms with van der Waals surface area (Å²) in [5, 5.41) is 0. The number of aromatic nitrogens is 2. The lowest BCUT2D eigenvalue weighted by atomic mass is 10.1. The summed E-state index contributed by atoms with van der Waals surface area (Å²) in [6, 6.07) is 1.86. The van der Waals surface area contributed by atoms with E-state index in [1.54, 1.807) is 6.20 Å². The maximum atomic E-state index is 11.4. The van der Waals surface area contributed by atoms with Crippen LogP contribution in [-0.2, 0) is 6.42 Å². The first kappa shape index (κ1) is 7.53. The second kappa shape index (κ2) is 2.73. The first-order valence-electron chi connectivity index (χ1n) is 4.35. The van der Waals surface area contributed by atoms with Crippen LogP contribution in [0.15, 0.2) is 17.1 Å². The van der Waals surface area contributed by atoms with Crippen molar-refractivity contribution in [3.63, 3.8) is 0 Å². The molecule has 0 radical (unpaired) electrons. The molecule has 64 valence electrons. The van der Waals surface area contributed by atoms with Crippen LogP contribution in [0, 0.1) is 0 Å². The Hall–Kier alpha value is -1.12. The number of hydrogen-bond donors (Lipinski definition) is 0. The van der Waals surface area contributed by atoms with E-state index in [0.717, 1.165) is 25.1 Å². The number of fused-ring (bicyclic) bond motifs is 1. The van der Waals surface area contributed by atoms with Crippen LogP contribution in [-0.4, -0.2) is 9.55 Å². The lowest BCUT2D eigenvalue weighted by Crippen LogP contribution is -2.29. The molecule has 2 heterocycles. The first-order valence-corrected chi connectivity index (χ1v) is 4.35. The molecule has 0 aliphatic carbocycles. The average molecular weight is 164 g/mol. The zero-order valence-electron chi connectivity index (χ0n) is 7.16. The minimum Gasteiger partial charge on any atom is -0.294 e. The summed E-state index contributed by atoms with van der Waals surface area (Å²) < 4.78 is 1.81. The van der Waals surface area contributed by atoms with Crippen LogP contribution < -0.4 is 5.56 Å². The molecule has 1 aliphatic heterocycles. The number of rotatable bonds is 0. The third-order valence-corrected chi connectivity index (χ3v) is 2.42. The summed E-state index contributed by atoms with van der Waals surface area (Å²) in [6.45, 7) is 2.08. The third-order valence-electron chi connectivity index (χ3n) is 2.42. The van der Waals surface area contributed by atoms with Crippen molar-refractivity contribution >= 4 is 0 Å². The molecule has 0 bridgehead atoms. The molecule has 2 rings (SSSR count). The van der Waals surface area contributed by atoms with Crippen LogP contribution in [0.2, 0.25) is 0 Å². The highest BCUT2D eigenvalue weighted by Crippen LogP contribution is 2.19. The Balaban J connectivity index is 2.61. The summed E-state index contributed by atoms with van der Waals surface area (Å²) >= 11 is 0. The molecule has 0 fully saturated rings. The number of hydrogen-bond acceptors (Lipinski definition) is 2. The summed E-state index contributed by atoms with van der Waals surface area (Å²) in [6.07, 6.45) is 4.79. The molecule has 3 nitrogen and oxygen atoms in total. The van der Waals surface area contributed by atoms with Crippen molar-refractivity contribution in [2.24, 2.45) is 0 Å². The van der Waals surface area contributed by atoms with Gasteiger partial charge in [0.25, 0.3) is 5.56 Å². The van der Waals surface area contributed by atoms with E-state index >= 15 is 0 Å². The van der Waals surface area contributed by atoms with Gasteiger partial charge in [-0.1, -0.05) is 0 Å². The van der Waals surface area contributed by atoms with E-state index in [1.807, 2.05) is 4.57 Å². The Kier molecular flexibility index (Phi) is 1.71. The predicted octanol–water partition coefficient (Wildman–Crippen LogP) is 1.14. The van der Waals surface area contributed by atoms with Gasteiger partial charge in [0.2, 0.25) is 0 Å². The van der Waals surface area contributed by atoms with Gasteiger partial charge < -0.3 is 0 Å². The van der Waals surface area contributed by atoms with Gasteiger partial charge in [-0.15, -0.1) is 0 Å². The van der Waals surface area contributed by atoms with Crippen molar-refractivity contribution in [1.29, 1.82) is 0 Å². The fraction of sp³-hybridized carbons (Fsp3) is 0.556. The number of aryl methyl sites for hydroxylation is 1. The average Bonchev–Trinajstić information content (AvgIpc) is 2.04. The minimum absolute atomic E-state index is 0.0900. The Morgan fingerprint density at radius 2 is 2.50 bits per heavy atom. The van der Waals surface area contributed by atoms with E-state index in [9.17, 15) is 4.79 Å². The van der Waals surface area contributed by atoms with Crippen LogP contribution in [0.25, 0.3) is 0 Å². The topological polar surface area (TPSA) is 34.9 Å². The molecule has 1 unspecified atom stereocenters. The molecule has 0 saturated heterocycles. The summed E-state index contributed by atoms with van der Waals surface area (Å²) in [4.78, 5) is 15.6. The van der Waals surface area contributed by atoms with Crippen LogP contribution >= 0.6 is 0 Å². The maximum Gasteiger partial charge on any atom is 0.253 e. The molecular weight excluding hydrogens is 152 g/mol. The standard InChI is InChI=1S/C9H12N2O/c1-7-3-2-4-8-10-6-5-9(12)11(7)8/h5-7H,2-4H2,1H3. The molecule has 0 aromatic carbocycles. The van der Waals surface area contributed by atoms with E-state index < -0.39 is 0 Å². The Bertz CT molecular complexity index is 343. The normalized spacial score (nSPS) is 21.9. The summed E-state index contributed by atoms with van der Waals surface area (Å²) in [7, 11) is 0. The van der Waals surface area contributed by atoms with Gasteiger partial charge >= 0.3 is 0 Å². The smallest absolute Gasteiger partial charge is 0.253 e. The van der Waals surface area contributed by atoms with Crippen molar-refractivity contribution in [3.8, 4) is 0 Å². The Labute approximate surface area is 71.1 Å². The highest BCUT2D eigenvalue weighted by atomic mass is 16.1. The van der Waals surface area contributed by atoms with E-state index in [2.05, 4.69) is 11.9 Å². The fourth-order valence-corrected chi connectivity index (χ4v) is 1.80. The molecule has 0 spiro atoms. The van der Waals surface area contributed by atoms with Crippen LogP contribution in [0.5, 0.6) is 0 Å². The maximum absolute atomic E-state index is 11.4. The highest BCUT2D eigenvalue weighted by Gasteiger charge is 2.16. The van der Waals surface area contributed by atoms with Gasteiger partial charge in [-0.3, -0.25) is 9.36 Å². The van der Waals surface area contributed by atoms with Crippen LogP contribution in [0.1, 0.15) is 31.6 Å². The molecule has 1 atom stereocenters. The van der Waals surface area contributed by atoms with Gasteiger partial charge in [-0.05, 0) is 19.8 Å². The molecular formula is C9H12N2O. The van der Waals surface area contributed by atoms with Crippen LogP contribution in [0.4, 0.5) is 0 Å². The van der Waals surface area contributed by atoms with Crippen molar-refractivity contribution in [3.05, 3.63) is 28.4 Å². The summed E-state index contributed by atoms with van der Waals surface area (Å²) in [5.41, 5.74) is 0.0900. The quantitative estimate of drug-likeness (QED) is 0.576. The van der Waals surface area contributed by atoms with E-state index in [-0.39, 0.29) is 5.56 Å². The molecule has 0 amide bonds. The molecule has 1 aliphatic rings. The van der Waals surface area contributed by atoms with Gasteiger partial charge in [0, 0.05) is 24.7 Å². The van der Waals surface area contributed by atoms with Gasteiger partial charge in [-0.2, -0.15) is 0 Å². The molecule has 12 heavy (non-hydrogen) atoms. The predicted molar refractivity (Wildman–Crippen MR) is 46.1 cm³/mol. The van der Waals surface area contributed by atoms with E-state index in [0.29, 0.717) is 6.04 Å². The van der Waals surface area contributed by atoms with Crippen LogP contribution in [0.3, 0.4) is 0 Å². The zero-order valence-corrected chi connectivity index (χ0v) is 7.16. The largest absolute Gasteiger partial charge is 0.294 e. The lowest BCUT2D eigenvalue weighted by molar-refractivity contribution is 0.405. The van der Waals surface area contributed by atoms with Crippen molar-refractivity contribution in [2.45, 2.75) is 32.2 Å². The van der Waals surface area contributed by atoms with Gasteiger partial charge in [-0.25, -0.2) is 4.98 Å². The second-order valence-corrected chi connectivity index (χ2v) is 3.31. The highest BCUT2D eigenvalue weighted by molar-refractivity contribution is 4.98. The van der Waals surface area contributed by atoms with Crippen molar-refractivity contribution in [2.75, 3.05) is 0 Å². The van der Waals surface area contributed by atoms with Gasteiger partial charge in [0.15, 0.2) is 0 Å². The van der Waals surface area contributed by atoms with Gasteiger partial charge in [0.1, 0.15) is 5.82 Å². The number of nitrogens with zero attached hydrogens (tertiary/aromatic N) is 2. The lowest BCUT2D eigenvalue weighted by Gasteiger charge is -2.23. The minimum atomic E-state index is 0.0900. The second-order valence-electron chi connectivity index (χ2n) is 3.31. The van der Waals surface area contributed by atoms with E-state index in [4.69, 9.17) is 0 Å².